The van der Waals surface area contributed by atoms with Gasteiger partial charge < -0.3 is 9.64 Å². The maximum Gasteiger partial charge on any atom is 0.336 e. The van der Waals surface area contributed by atoms with Crippen LogP contribution in [0.2, 0.25) is 0 Å². The topological polar surface area (TPSA) is 73.0 Å². The molecule has 0 saturated heterocycles. The maximum absolute atomic E-state index is 13.3. The Labute approximate surface area is 159 Å². The fourth-order valence-electron chi connectivity index (χ4n) is 4.10. The summed E-state index contributed by atoms with van der Waals surface area (Å²) in [6, 6.07) is 8.92. The first-order valence-corrected chi connectivity index (χ1v) is 9.26. The van der Waals surface area contributed by atoms with Gasteiger partial charge in [0.25, 0.3) is 5.56 Å². The fraction of sp³-hybridized carbons (Fsp3) is 0.286. The van der Waals surface area contributed by atoms with Crippen molar-refractivity contribution in [3.8, 4) is 5.75 Å². The standard InChI is InChI=1S/C21H19N3O4/c1-22(2)9-10-23-20(26)14-5-3-4-13-17-15(24(18(13)14)21(23)27)7-6-12-16(25)8-11-28-19(12)17/h3-7H,8-11H2,1-2H3. The summed E-state index contributed by atoms with van der Waals surface area (Å²) in [5, 5.41) is 1.97. The smallest absolute Gasteiger partial charge is 0.336 e. The predicted octanol–water partition coefficient (Wildman–Crippen LogP) is 1.73. The predicted molar refractivity (Wildman–Crippen MR) is 107 cm³/mol. The van der Waals surface area contributed by atoms with Crippen molar-refractivity contribution in [3.05, 3.63) is 56.7 Å². The molecule has 0 radical (unpaired) electrons. The van der Waals surface area contributed by atoms with Gasteiger partial charge in [-0.2, -0.15) is 0 Å². The Morgan fingerprint density at radius 2 is 1.86 bits per heavy atom. The third-order valence-corrected chi connectivity index (χ3v) is 5.45. The van der Waals surface area contributed by atoms with Crippen molar-refractivity contribution in [3.63, 3.8) is 0 Å². The van der Waals surface area contributed by atoms with Crippen LogP contribution < -0.4 is 16.0 Å². The van der Waals surface area contributed by atoms with E-state index in [9.17, 15) is 14.4 Å². The van der Waals surface area contributed by atoms with Crippen LogP contribution in [0.15, 0.2) is 39.9 Å². The van der Waals surface area contributed by atoms with Gasteiger partial charge >= 0.3 is 5.69 Å². The van der Waals surface area contributed by atoms with Crippen molar-refractivity contribution in [1.82, 2.24) is 13.9 Å². The number of hydrogen-bond acceptors (Lipinski definition) is 5. The Hall–Kier alpha value is -3.19. The zero-order valence-electron chi connectivity index (χ0n) is 15.7. The zero-order chi connectivity index (χ0) is 19.6. The molecular weight excluding hydrogens is 358 g/mol. The normalized spacial score (nSPS) is 14.3. The molecule has 0 amide bonds. The SMILES string of the molecule is CN(C)CCn1c(=O)c2cccc3c4c5c(ccc4n(c1=O)c23)C(=O)CCO5. The molecule has 7 heteroatoms. The average molecular weight is 377 g/mol. The van der Waals surface area contributed by atoms with Crippen LogP contribution in [0.4, 0.5) is 0 Å². The third-order valence-electron chi connectivity index (χ3n) is 5.45. The van der Waals surface area contributed by atoms with Crippen LogP contribution in [0.3, 0.4) is 0 Å². The molecule has 3 heterocycles. The number of fused-ring (bicyclic) bond motifs is 5. The molecule has 0 atom stereocenters. The molecular formula is C21H19N3O4. The monoisotopic (exact) mass is 377 g/mol. The molecule has 28 heavy (non-hydrogen) atoms. The van der Waals surface area contributed by atoms with Crippen molar-refractivity contribution in [1.29, 1.82) is 0 Å². The summed E-state index contributed by atoms with van der Waals surface area (Å²) in [5.74, 6) is 0.543. The molecule has 0 saturated carbocycles. The highest BCUT2D eigenvalue weighted by atomic mass is 16.5. The first-order chi connectivity index (χ1) is 13.5. The molecule has 0 aliphatic carbocycles. The highest BCUT2D eigenvalue weighted by Gasteiger charge is 2.26. The number of hydrogen-bond donors (Lipinski definition) is 0. The number of nitrogens with zero attached hydrogens (tertiary/aromatic N) is 3. The molecule has 7 nitrogen and oxygen atoms in total. The van der Waals surface area contributed by atoms with Crippen LogP contribution in [0.1, 0.15) is 16.8 Å². The van der Waals surface area contributed by atoms with Gasteiger partial charge in [-0.1, -0.05) is 12.1 Å². The Bertz CT molecular complexity index is 1380. The second-order valence-electron chi connectivity index (χ2n) is 7.44. The Kier molecular flexibility index (Phi) is 3.57. The van der Waals surface area contributed by atoms with Gasteiger partial charge in [0, 0.05) is 24.9 Å². The lowest BCUT2D eigenvalue weighted by molar-refractivity contribution is 0.0935. The molecule has 4 aromatic rings. The second-order valence-corrected chi connectivity index (χ2v) is 7.44. The van der Waals surface area contributed by atoms with E-state index in [4.69, 9.17) is 4.74 Å². The van der Waals surface area contributed by atoms with Gasteiger partial charge in [-0.25, -0.2) is 4.79 Å². The van der Waals surface area contributed by atoms with Crippen molar-refractivity contribution in [2.45, 2.75) is 13.0 Å². The summed E-state index contributed by atoms with van der Waals surface area (Å²) in [4.78, 5) is 40.6. The number of likely N-dealkylation sites (N-methyl/N-ethyl adjacent to an activating group) is 1. The van der Waals surface area contributed by atoms with E-state index in [1.807, 2.05) is 31.1 Å². The summed E-state index contributed by atoms with van der Waals surface area (Å²) >= 11 is 0. The molecule has 0 N–H and O–H groups in total. The lowest BCUT2D eigenvalue weighted by Crippen LogP contribution is -2.39. The molecule has 0 bridgehead atoms. The lowest BCUT2D eigenvalue weighted by Gasteiger charge is -2.17. The van der Waals surface area contributed by atoms with E-state index in [2.05, 4.69) is 0 Å². The van der Waals surface area contributed by atoms with Gasteiger partial charge in [0.1, 0.15) is 5.75 Å². The Morgan fingerprint density at radius 3 is 2.64 bits per heavy atom. The van der Waals surface area contributed by atoms with E-state index in [-0.39, 0.29) is 17.0 Å². The van der Waals surface area contributed by atoms with Gasteiger partial charge in [-0.05, 0) is 32.3 Å². The molecule has 5 rings (SSSR count). The number of rotatable bonds is 3. The van der Waals surface area contributed by atoms with E-state index in [1.54, 1.807) is 22.6 Å². The summed E-state index contributed by atoms with van der Waals surface area (Å²) in [6.07, 6.45) is 0.345. The van der Waals surface area contributed by atoms with Gasteiger partial charge in [0.15, 0.2) is 5.78 Å². The van der Waals surface area contributed by atoms with Crippen LogP contribution in [-0.4, -0.2) is 46.9 Å². The number of para-hydroxylation sites is 1. The van der Waals surface area contributed by atoms with Gasteiger partial charge in [-0.3, -0.25) is 18.6 Å². The van der Waals surface area contributed by atoms with E-state index in [0.29, 0.717) is 53.8 Å². The average Bonchev–Trinajstić information content (AvgIpc) is 3.02. The highest BCUT2D eigenvalue weighted by Crippen LogP contribution is 2.39. The van der Waals surface area contributed by atoms with Gasteiger partial charge in [0.2, 0.25) is 0 Å². The number of carbonyl (C=O) groups is 1. The largest absolute Gasteiger partial charge is 0.492 e. The number of ketones is 1. The van der Waals surface area contributed by atoms with Crippen LogP contribution in [0, 0.1) is 0 Å². The molecule has 1 aliphatic rings. The van der Waals surface area contributed by atoms with Crippen molar-refractivity contribution in [2.75, 3.05) is 27.2 Å². The Morgan fingerprint density at radius 1 is 1.07 bits per heavy atom. The minimum Gasteiger partial charge on any atom is -0.492 e. The first kappa shape index (κ1) is 16.9. The second kappa shape index (κ2) is 5.90. The molecule has 0 spiro atoms. The van der Waals surface area contributed by atoms with Crippen LogP contribution >= 0.6 is 0 Å². The number of Topliss-reactive ketones (excluding diaryl/α,β-unsaturated/α-hetero) is 1. The zero-order valence-corrected chi connectivity index (χ0v) is 15.7. The number of aromatic nitrogens is 2. The molecule has 2 aromatic carbocycles. The van der Waals surface area contributed by atoms with Crippen LogP contribution in [0.25, 0.3) is 27.2 Å². The van der Waals surface area contributed by atoms with Gasteiger partial charge in [0.05, 0.1) is 34.0 Å². The van der Waals surface area contributed by atoms with E-state index < -0.39 is 0 Å². The minimum atomic E-state index is -0.368. The lowest BCUT2D eigenvalue weighted by atomic mass is 10.0. The maximum atomic E-state index is 13.3. The van der Waals surface area contributed by atoms with Gasteiger partial charge in [-0.15, -0.1) is 0 Å². The molecule has 142 valence electrons. The number of ether oxygens (including phenoxy) is 1. The number of carbonyl (C=O) groups excluding carboxylic acids is 1. The molecule has 0 unspecified atom stereocenters. The van der Waals surface area contributed by atoms with Crippen LogP contribution in [-0.2, 0) is 6.54 Å². The van der Waals surface area contributed by atoms with E-state index >= 15 is 0 Å². The molecule has 2 aromatic heterocycles. The third kappa shape index (κ3) is 2.16. The quantitative estimate of drug-likeness (QED) is 0.544. The fourth-order valence-corrected chi connectivity index (χ4v) is 4.10. The van der Waals surface area contributed by atoms with Crippen molar-refractivity contribution < 1.29 is 9.53 Å². The van der Waals surface area contributed by atoms with E-state index in [0.717, 1.165) is 10.8 Å². The van der Waals surface area contributed by atoms with Crippen LogP contribution in [0.5, 0.6) is 5.75 Å². The van der Waals surface area contributed by atoms with E-state index in [1.165, 1.54) is 4.57 Å². The first-order valence-electron chi connectivity index (χ1n) is 9.26. The van der Waals surface area contributed by atoms with Crippen molar-refractivity contribution in [2.24, 2.45) is 0 Å². The summed E-state index contributed by atoms with van der Waals surface area (Å²) in [5.41, 5.74) is 1.11. The van der Waals surface area contributed by atoms with Crippen molar-refractivity contribution >= 4 is 33.0 Å². The molecule has 1 aliphatic heterocycles. The Balaban J connectivity index is 1.97. The molecule has 0 fully saturated rings. The summed E-state index contributed by atoms with van der Waals surface area (Å²) in [6.45, 7) is 1.20. The minimum absolute atomic E-state index is 0.0325. The summed E-state index contributed by atoms with van der Waals surface area (Å²) < 4.78 is 8.72. The number of benzene rings is 2. The highest BCUT2D eigenvalue weighted by molar-refractivity contribution is 6.18. The summed E-state index contributed by atoms with van der Waals surface area (Å²) in [7, 11) is 3.80.